The average molecular weight is 598 g/mol. The van der Waals surface area contributed by atoms with Gasteiger partial charge in [-0.2, -0.15) is 0 Å². The molecule has 1 aromatic heterocycles. The molecule has 5 rings (SSSR count). The summed E-state index contributed by atoms with van der Waals surface area (Å²) in [5, 5.41) is 15.6. The fraction of sp³-hybridized carbons (Fsp3) is 0.294. The van der Waals surface area contributed by atoms with Crippen molar-refractivity contribution < 1.29 is 28.6 Å². The van der Waals surface area contributed by atoms with Gasteiger partial charge in [-0.05, 0) is 59.2 Å². The van der Waals surface area contributed by atoms with Gasteiger partial charge >= 0.3 is 17.7 Å². The second kappa shape index (κ2) is 13.5. The van der Waals surface area contributed by atoms with Crippen LogP contribution in [0.5, 0.6) is 0 Å². The van der Waals surface area contributed by atoms with E-state index in [2.05, 4.69) is 10.6 Å². The van der Waals surface area contributed by atoms with Gasteiger partial charge < -0.3 is 29.8 Å². The normalized spacial score (nSPS) is 12.7. The lowest BCUT2D eigenvalue weighted by Crippen LogP contribution is -2.41. The molecule has 0 fully saturated rings. The molecule has 0 spiro atoms. The Labute approximate surface area is 254 Å². The zero-order chi connectivity index (χ0) is 31.2. The summed E-state index contributed by atoms with van der Waals surface area (Å²) < 4.78 is 10.8. The number of rotatable bonds is 12. The molecule has 4 aromatic rings. The van der Waals surface area contributed by atoms with Crippen molar-refractivity contribution in [2.75, 3.05) is 32.1 Å². The van der Waals surface area contributed by atoms with E-state index in [4.69, 9.17) is 9.15 Å². The van der Waals surface area contributed by atoms with Gasteiger partial charge in [-0.25, -0.2) is 14.4 Å². The molecular formula is C34H35N3O7. The number of aliphatic carboxylic acids is 1. The number of ether oxygens (including phenoxy) is 1. The Hall–Kier alpha value is -5.12. The van der Waals surface area contributed by atoms with E-state index in [0.29, 0.717) is 35.9 Å². The predicted molar refractivity (Wildman–Crippen MR) is 167 cm³/mol. The molecule has 228 valence electrons. The molecule has 0 unspecified atom stereocenters. The number of carbonyl (C=O) groups is 3. The van der Waals surface area contributed by atoms with Gasteiger partial charge in [0.05, 0.1) is 6.42 Å². The summed E-state index contributed by atoms with van der Waals surface area (Å²) in [6, 6.07) is 21.6. The van der Waals surface area contributed by atoms with Crippen molar-refractivity contribution in [3.63, 3.8) is 0 Å². The molecule has 10 nitrogen and oxygen atoms in total. The predicted octanol–water partition coefficient (Wildman–Crippen LogP) is 4.68. The summed E-state index contributed by atoms with van der Waals surface area (Å²) in [7, 11) is 3.76. The highest BCUT2D eigenvalue weighted by atomic mass is 16.5. The monoisotopic (exact) mass is 597 g/mol. The number of carboxylic acid groups (broad SMARTS) is 1. The van der Waals surface area contributed by atoms with Crippen molar-refractivity contribution >= 4 is 34.6 Å². The van der Waals surface area contributed by atoms with Crippen molar-refractivity contribution in [3.8, 4) is 11.1 Å². The minimum Gasteiger partial charge on any atom is -0.480 e. The Morgan fingerprint density at radius 3 is 2.30 bits per heavy atom. The van der Waals surface area contributed by atoms with Crippen LogP contribution >= 0.6 is 0 Å². The number of carboxylic acids is 1. The van der Waals surface area contributed by atoms with Crippen LogP contribution in [0.4, 0.5) is 10.5 Å². The highest BCUT2D eigenvalue weighted by Gasteiger charge is 2.29. The topological polar surface area (TPSA) is 138 Å². The van der Waals surface area contributed by atoms with E-state index in [-0.39, 0.29) is 31.3 Å². The summed E-state index contributed by atoms with van der Waals surface area (Å²) in [5.41, 5.74) is 5.67. The molecular weight excluding hydrogens is 562 g/mol. The van der Waals surface area contributed by atoms with Crippen LogP contribution in [0.15, 0.2) is 82.0 Å². The van der Waals surface area contributed by atoms with E-state index in [1.165, 1.54) is 6.07 Å². The number of benzene rings is 3. The molecule has 0 radical (unpaired) electrons. The van der Waals surface area contributed by atoms with Crippen molar-refractivity contribution in [2.45, 2.75) is 37.6 Å². The highest BCUT2D eigenvalue weighted by Crippen LogP contribution is 2.44. The largest absolute Gasteiger partial charge is 0.480 e. The molecule has 0 bridgehead atoms. The maximum atomic E-state index is 12.6. The summed E-state index contributed by atoms with van der Waals surface area (Å²) in [5.74, 6) is -1.55. The summed E-state index contributed by atoms with van der Waals surface area (Å²) in [6.07, 6.45) is 0.348. The van der Waals surface area contributed by atoms with Crippen LogP contribution in [-0.4, -0.2) is 56.4 Å². The van der Waals surface area contributed by atoms with E-state index in [1.807, 2.05) is 79.7 Å². The first-order valence-corrected chi connectivity index (χ1v) is 14.6. The number of nitrogens with one attached hydrogen (secondary N) is 2. The summed E-state index contributed by atoms with van der Waals surface area (Å²) >= 11 is 0. The average Bonchev–Trinajstić information content (AvgIpc) is 3.32. The Balaban J connectivity index is 1.07. The van der Waals surface area contributed by atoms with Crippen LogP contribution in [-0.2, 0) is 20.7 Å². The van der Waals surface area contributed by atoms with Crippen molar-refractivity contribution in [3.05, 3.63) is 99.9 Å². The number of alkyl carbamates (subject to hydrolysis) is 1. The maximum Gasteiger partial charge on any atom is 0.407 e. The van der Waals surface area contributed by atoms with Gasteiger partial charge in [-0.15, -0.1) is 0 Å². The molecule has 0 saturated heterocycles. The van der Waals surface area contributed by atoms with Gasteiger partial charge in [0.2, 0.25) is 5.91 Å². The van der Waals surface area contributed by atoms with Crippen LogP contribution in [0.1, 0.15) is 41.9 Å². The second-order valence-corrected chi connectivity index (χ2v) is 11.0. The quantitative estimate of drug-likeness (QED) is 0.158. The van der Waals surface area contributed by atoms with Gasteiger partial charge in [-0.3, -0.25) is 4.79 Å². The second-order valence-electron chi connectivity index (χ2n) is 11.0. The SMILES string of the molecule is CN(C)c1ccc2c(CC(=O)NCCCC[C@H](NC(=O)OCC3c4ccccc4-c4ccccc43)C(=O)O)cc(=O)oc2c1. The molecule has 3 aromatic carbocycles. The summed E-state index contributed by atoms with van der Waals surface area (Å²) in [4.78, 5) is 51.0. The van der Waals surface area contributed by atoms with Crippen molar-refractivity contribution in [1.82, 2.24) is 10.6 Å². The third kappa shape index (κ3) is 6.91. The Bertz CT molecular complexity index is 1700. The third-order valence-electron chi connectivity index (χ3n) is 7.86. The molecule has 2 amide bonds. The maximum absolute atomic E-state index is 12.6. The fourth-order valence-electron chi connectivity index (χ4n) is 5.62. The van der Waals surface area contributed by atoms with Gasteiger partial charge in [-0.1, -0.05) is 48.5 Å². The number of amides is 2. The first kappa shape index (κ1) is 30.3. The minimum absolute atomic E-state index is 0.00447. The first-order valence-electron chi connectivity index (χ1n) is 14.6. The van der Waals surface area contributed by atoms with Crippen LogP contribution in [0.2, 0.25) is 0 Å². The van der Waals surface area contributed by atoms with E-state index >= 15 is 0 Å². The number of anilines is 1. The number of unbranched alkanes of at least 4 members (excludes halogenated alkanes) is 1. The summed E-state index contributed by atoms with van der Waals surface area (Å²) in [6.45, 7) is 0.411. The van der Waals surface area contributed by atoms with Crippen LogP contribution in [0.3, 0.4) is 0 Å². The van der Waals surface area contributed by atoms with Crippen molar-refractivity contribution in [1.29, 1.82) is 0 Å². The number of hydrogen-bond acceptors (Lipinski definition) is 7. The number of nitrogens with zero attached hydrogens (tertiary/aromatic N) is 1. The highest BCUT2D eigenvalue weighted by molar-refractivity contribution is 5.88. The van der Waals surface area contributed by atoms with Gasteiger partial charge in [0.1, 0.15) is 18.2 Å². The van der Waals surface area contributed by atoms with E-state index in [9.17, 15) is 24.3 Å². The molecule has 3 N–H and O–H groups in total. The lowest BCUT2D eigenvalue weighted by molar-refractivity contribution is -0.139. The van der Waals surface area contributed by atoms with Crippen LogP contribution < -0.4 is 21.2 Å². The van der Waals surface area contributed by atoms with Crippen LogP contribution in [0.25, 0.3) is 22.1 Å². The molecule has 1 aliphatic carbocycles. The molecule has 10 heteroatoms. The Morgan fingerprint density at radius 1 is 0.955 bits per heavy atom. The van der Waals surface area contributed by atoms with E-state index in [0.717, 1.165) is 27.9 Å². The van der Waals surface area contributed by atoms with E-state index < -0.39 is 23.7 Å². The number of hydrogen-bond donors (Lipinski definition) is 3. The zero-order valence-electron chi connectivity index (χ0n) is 24.7. The minimum atomic E-state index is -1.16. The van der Waals surface area contributed by atoms with Gasteiger partial charge in [0, 0.05) is 49.8 Å². The fourth-order valence-corrected chi connectivity index (χ4v) is 5.62. The third-order valence-corrected chi connectivity index (χ3v) is 7.86. The lowest BCUT2D eigenvalue weighted by Gasteiger charge is -2.17. The van der Waals surface area contributed by atoms with Crippen LogP contribution in [0, 0.1) is 0 Å². The molecule has 1 atom stereocenters. The van der Waals surface area contributed by atoms with Crippen molar-refractivity contribution in [2.24, 2.45) is 0 Å². The molecule has 1 aliphatic rings. The molecule has 0 aliphatic heterocycles. The number of carbonyl (C=O) groups excluding carboxylic acids is 2. The zero-order valence-corrected chi connectivity index (χ0v) is 24.7. The number of fused-ring (bicyclic) bond motifs is 4. The Kier molecular flexibility index (Phi) is 9.28. The Morgan fingerprint density at radius 2 is 1.64 bits per heavy atom. The first-order chi connectivity index (χ1) is 21.2. The standard InChI is InChI=1S/C34H35N3O7/c1-37(2)22-14-15-23-21(18-32(39)44-30(23)19-22)17-31(38)35-16-8-7-13-29(33(40)41)36-34(42)43-20-28-26-11-5-3-9-24(26)25-10-4-6-12-27(25)28/h3-6,9-12,14-15,18-19,28-29H,7-8,13,16-17,20H2,1-2H3,(H,35,38)(H,36,42)(H,40,41)/t29-/m0/s1. The molecule has 0 saturated carbocycles. The van der Waals surface area contributed by atoms with E-state index in [1.54, 1.807) is 6.07 Å². The smallest absolute Gasteiger partial charge is 0.407 e. The lowest BCUT2D eigenvalue weighted by atomic mass is 9.98. The van der Waals surface area contributed by atoms with Gasteiger partial charge in [0.15, 0.2) is 0 Å². The van der Waals surface area contributed by atoms with Gasteiger partial charge in [0.25, 0.3) is 0 Å². The molecule has 1 heterocycles. The molecule has 44 heavy (non-hydrogen) atoms.